The minimum absolute atomic E-state index is 0.00948. The van der Waals surface area contributed by atoms with E-state index in [1.165, 1.54) is 0 Å². The van der Waals surface area contributed by atoms with Gasteiger partial charge in [0.25, 0.3) is 5.56 Å². The van der Waals surface area contributed by atoms with Crippen molar-refractivity contribution in [1.29, 1.82) is 0 Å². The van der Waals surface area contributed by atoms with Crippen LogP contribution in [-0.2, 0) is 17.6 Å². The summed E-state index contributed by atoms with van der Waals surface area (Å²) in [4.78, 5) is 25.1. The average Bonchev–Trinajstić information content (AvgIpc) is 3.42. The maximum Gasteiger partial charge on any atom is 0.274 e. The zero-order chi connectivity index (χ0) is 17.4. The molecule has 1 fully saturated rings. The summed E-state index contributed by atoms with van der Waals surface area (Å²) < 4.78 is 6.76. The highest BCUT2D eigenvalue weighted by atomic mass is 16.5. The number of nitrogens with zero attached hydrogens (tertiary/aromatic N) is 1. The molecule has 1 amide bonds. The van der Waals surface area contributed by atoms with Crippen molar-refractivity contribution >= 4 is 5.91 Å². The molecule has 6 nitrogen and oxygen atoms in total. The predicted molar refractivity (Wildman–Crippen MR) is 94.2 cm³/mol. The van der Waals surface area contributed by atoms with Gasteiger partial charge >= 0.3 is 0 Å². The highest BCUT2D eigenvalue weighted by Crippen LogP contribution is 2.25. The lowest BCUT2D eigenvalue weighted by Gasteiger charge is -2.13. The molecule has 0 spiro atoms. The van der Waals surface area contributed by atoms with E-state index < -0.39 is 0 Å². The van der Waals surface area contributed by atoms with Crippen molar-refractivity contribution in [3.63, 3.8) is 0 Å². The third-order valence-electron chi connectivity index (χ3n) is 5.18. The lowest BCUT2D eigenvalue weighted by Crippen LogP contribution is -2.32. The molecule has 1 atom stereocenters. The lowest BCUT2D eigenvalue weighted by atomic mass is 9.99. The monoisotopic (exact) mass is 341 g/mol. The van der Waals surface area contributed by atoms with Gasteiger partial charge in [-0.3, -0.25) is 14.7 Å². The van der Waals surface area contributed by atoms with Gasteiger partial charge < -0.3 is 10.1 Å². The van der Waals surface area contributed by atoms with Crippen molar-refractivity contribution in [3.05, 3.63) is 45.9 Å². The number of aromatic nitrogens is 2. The minimum Gasteiger partial charge on any atom is -0.497 e. The van der Waals surface area contributed by atoms with Crippen LogP contribution in [0.15, 0.2) is 29.1 Å². The maximum absolute atomic E-state index is 12.8. The number of nitrogens with one attached hydrogen (secondary N) is 2. The van der Waals surface area contributed by atoms with Gasteiger partial charge in [0, 0.05) is 23.2 Å². The summed E-state index contributed by atoms with van der Waals surface area (Å²) in [6.45, 7) is 0. The Kier molecular flexibility index (Phi) is 4.11. The van der Waals surface area contributed by atoms with Crippen molar-refractivity contribution in [2.45, 2.75) is 44.6 Å². The molecule has 0 radical (unpaired) electrons. The van der Waals surface area contributed by atoms with Crippen LogP contribution in [0.25, 0.3) is 5.69 Å². The first-order valence-electron chi connectivity index (χ1n) is 8.93. The molecule has 1 unspecified atom stereocenters. The van der Waals surface area contributed by atoms with E-state index in [-0.39, 0.29) is 17.4 Å². The van der Waals surface area contributed by atoms with E-state index in [9.17, 15) is 9.59 Å². The van der Waals surface area contributed by atoms with Crippen LogP contribution in [0.1, 0.15) is 36.9 Å². The SMILES string of the molecule is COc1ccc(-n2[nH]c3c(c2=O)CCC(C(=O)NC2CC2)CC3)cc1. The molecule has 25 heavy (non-hydrogen) atoms. The van der Waals surface area contributed by atoms with Crippen LogP contribution in [0, 0.1) is 5.92 Å². The Morgan fingerprint density at radius 2 is 1.88 bits per heavy atom. The number of methoxy groups -OCH3 is 1. The van der Waals surface area contributed by atoms with E-state index in [0.29, 0.717) is 12.5 Å². The fourth-order valence-corrected chi connectivity index (χ4v) is 3.49. The molecular weight excluding hydrogens is 318 g/mol. The highest BCUT2D eigenvalue weighted by Gasteiger charge is 2.30. The number of H-pyrrole nitrogens is 1. The topological polar surface area (TPSA) is 76.1 Å². The second kappa shape index (κ2) is 6.43. The molecule has 2 aliphatic carbocycles. The van der Waals surface area contributed by atoms with Crippen LogP contribution in [0.2, 0.25) is 0 Å². The Hall–Kier alpha value is -2.50. The molecule has 132 valence electrons. The summed E-state index contributed by atoms with van der Waals surface area (Å²) in [5, 5.41) is 6.33. The number of fused-ring (bicyclic) bond motifs is 1. The Morgan fingerprint density at radius 1 is 1.16 bits per heavy atom. The average molecular weight is 341 g/mol. The largest absolute Gasteiger partial charge is 0.497 e. The van der Waals surface area contributed by atoms with Crippen molar-refractivity contribution < 1.29 is 9.53 Å². The molecule has 1 aromatic carbocycles. The Labute approximate surface area is 146 Å². The molecule has 1 saturated carbocycles. The third-order valence-corrected chi connectivity index (χ3v) is 5.18. The molecule has 2 N–H and O–H groups in total. The van der Waals surface area contributed by atoms with Gasteiger partial charge in [0.2, 0.25) is 5.91 Å². The number of amides is 1. The Balaban J connectivity index is 1.53. The number of rotatable bonds is 4. The quantitative estimate of drug-likeness (QED) is 0.835. The minimum atomic E-state index is -0.0107. The standard InChI is InChI=1S/C19H23N3O3/c1-25-15-8-6-14(7-9-15)22-19(24)16-10-2-12(3-11-17(16)21-22)18(23)20-13-4-5-13/h6-9,12-13,21H,2-5,10-11H2,1H3,(H,20,23). The zero-order valence-corrected chi connectivity index (χ0v) is 14.4. The van der Waals surface area contributed by atoms with Crippen molar-refractivity contribution in [2.75, 3.05) is 7.11 Å². The maximum atomic E-state index is 12.8. The third kappa shape index (κ3) is 3.21. The van der Waals surface area contributed by atoms with Gasteiger partial charge in [-0.05, 0) is 62.8 Å². The van der Waals surface area contributed by atoms with Crippen LogP contribution in [0.4, 0.5) is 0 Å². The van der Waals surface area contributed by atoms with Gasteiger partial charge in [-0.15, -0.1) is 0 Å². The van der Waals surface area contributed by atoms with Crippen molar-refractivity contribution in [3.8, 4) is 11.4 Å². The van der Waals surface area contributed by atoms with Crippen LogP contribution < -0.4 is 15.6 Å². The number of hydrogen-bond donors (Lipinski definition) is 2. The molecular formula is C19H23N3O3. The van der Waals surface area contributed by atoms with Gasteiger partial charge in [0.15, 0.2) is 0 Å². The van der Waals surface area contributed by atoms with E-state index in [2.05, 4.69) is 10.4 Å². The van der Waals surface area contributed by atoms with E-state index in [1.807, 2.05) is 24.3 Å². The van der Waals surface area contributed by atoms with Gasteiger partial charge in [0.05, 0.1) is 12.8 Å². The molecule has 2 aliphatic rings. The highest BCUT2D eigenvalue weighted by molar-refractivity contribution is 5.79. The summed E-state index contributed by atoms with van der Waals surface area (Å²) in [5.41, 5.74) is 2.56. The van der Waals surface area contributed by atoms with Crippen LogP contribution >= 0.6 is 0 Å². The van der Waals surface area contributed by atoms with E-state index in [4.69, 9.17) is 4.74 Å². The fraction of sp³-hybridized carbons (Fsp3) is 0.474. The van der Waals surface area contributed by atoms with Crippen LogP contribution in [-0.4, -0.2) is 28.8 Å². The Bertz CT molecular complexity index is 831. The summed E-state index contributed by atoms with van der Waals surface area (Å²) in [7, 11) is 1.62. The Morgan fingerprint density at radius 3 is 2.56 bits per heavy atom. The van der Waals surface area contributed by atoms with E-state index in [1.54, 1.807) is 11.8 Å². The number of aryl methyl sites for hydroxylation is 1. The normalized spacial score (nSPS) is 19.8. The van der Waals surface area contributed by atoms with E-state index >= 15 is 0 Å². The number of carbonyl (C=O) groups is 1. The molecule has 1 aromatic heterocycles. The van der Waals surface area contributed by atoms with Crippen LogP contribution in [0.5, 0.6) is 5.75 Å². The second-order valence-corrected chi connectivity index (χ2v) is 6.96. The van der Waals surface area contributed by atoms with Crippen molar-refractivity contribution in [1.82, 2.24) is 15.1 Å². The number of benzene rings is 1. The second-order valence-electron chi connectivity index (χ2n) is 6.96. The molecule has 2 aromatic rings. The van der Waals surface area contributed by atoms with Gasteiger partial charge in [-0.2, -0.15) is 0 Å². The van der Waals surface area contributed by atoms with Gasteiger partial charge in [0.1, 0.15) is 5.75 Å². The predicted octanol–water partition coefficient (Wildman–Crippen LogP) is 1.95. The molecule has 1 heterocycles. The molecule has 0 bridgehead atoms. The first-order chi connectivity index (χ1) is 12.2. The van der Waals surface area contributed by atoms with Gasteiger partial charge in [-0.25, -0.2) is 4.68 Å². The fourth-order valence-electron chi connectivity index (χ4n) is 3.49. The van der Waals surface area contributed by atoms with Gasteiger partial charge in [-0.1, -0.05) is 0 Å². The molecule has 0 saturated heterocycles. The van der Waals surface area contributed by atoms with E-state index in [0.717, 1.165) is 54.8 Å². The number of carbonyl (C=O) groups excluding carboxylic acids is 1. The molecule has 4 rings (SSSR count). The van der Waals surface area contributed by atoms with Crippen molar-refractivity contribution in [2.24, 2.45) is 5.92 Å². The number of aromatic amines is 1. The zero-order valence-electron chi connectivity index (χ0n) is 14.4. The molecule has 0 aliphatic heterocycles. The first-order valence-corrected chi connectivity index (χ1v) is 8.93. The summed E-state index contributed by atoms with van der Waals surface area (Å²) in [5.74, 6) is 0.924. The number of ether oxygens (including phenoxy) is 1. The molecule has 6 heteroatoms. The summed E-state index contributed by atoms with van der Waals surface area (Å²) in [6.07, 6.45) is 5.11. The lowest BCUT2D eigenvalue weighted by molar-refractivity contribution is -0.125. The summed E-state index contributed by atoms with van der Waals surface area (Å²) in [6, 6.07) is 7.79. The number of hydrogen-bond acceptors (Lipinski definition) is 3. The first kappa shape index (κ1) is 16.0. The van der Waals surface area contributed by atoms with Crippen LogP contribution in [0.3, 0.4) is 0 Å². The summed E-state index contributed by atoms with van der Waals surface area (Å²) >= 11 is 0. The smallest absolute Gasteiger partial charge is 0.274 e.